The molecular formula is C14H18FN5. The van der Waals surface area contributed by atoms with Crippen LogP contribution in [0.15, 0.2) is 18.2 Å². The number of hydrogen-bond donors (Lipinski definition) is 1. The van der Waals surface area contributed by atoms with Crippen LogP contribution in [-0.4, -0.2) is 20.2 Å². The highest BCUT2D eigenvalue weighted by molar-refractivity contribution is 5.71. The summed E-state index contributed by atoms with van der Waals surface area (Å²) in [7, 11) is 0. The summed E-state index contributed by atoms with van der Waals surface area (Å²) in [5.74, 6) is 1.06. The Hall–Kier alpha value is -1.98. The molecule has 1 aliphatic carbocycles. The molecule has 1 fully saturated rings. The summed E-state index contributed by atoms with van der Waals surface area (Å²) in [6, 6.07) is 4.59. The number of tetrazole rings is 1. The molecule has 0 bridgehead atoms. The van der Waals surface area contributed by atoms with Gasteiger partial charge in [-0.3, -0.25) is 0 Å². The third-order valence-corrected chi connectivity index (χ3v) is 3.87. The van der Waals surface area contributed by atoms with Crippen LogP contribution in [0.25, 0.3) is 11.4 Å². The number of halogens is 1. The zero-order chi connectivity index (χ0) is 14.1. The molecule has 106 valence electrons. The van der Waals surface area contributed by atoms with Crippen LogP contribution in [0.4, 0.5) is 10.1 Å². The molecule has 0 amide bonds. The number of benzene rings is 1. The molecule has 0 aliphatic heterocycles. The van der Waals surface area contributed by atoms with Crippen molar-refractivity contribution >= 4 is 5.69 Å². The van der Waals surface area contributed by atoms with Gasteiger partial charge >= 0.3 is 0 Å². The van der Waals surface area contributed by atoms with E-state index < -0.39 is 0 Å². The van der Waals surface area contributed by atoms with E-state index in [1.54, 1.807) is 6.07 Å². The van der Waals surface area contributed by atoms with E-state index in [2.05, 4.69) is 22.4 Å². The Morgan fingerprint density at radius 1 is 1.45 bits per heavy atom. The van der Waals surface area contributed by atoms with Gasteiger partial charge in [0.25, 0.3) is 0 Å². The minimum Gasteiger partial charge on any atom is -0.398 e. The van der Waals surface area contributed by atoms with E-state index in [-0.39, 0.29) is 11.9 Å². The summed E-state index contributed by atoms with van der Waals surface area (Å²) in [5, 5.41) is 12.0. The predicted octanol–water partition coefficient (Wildman–Crippen LogP) is 2.81. The first-order valence-electron chi connectivity index (χ1n) is 7.02. The highest BCUT2D eigenvalue weighted by atomic mass is 19.1. The van der Waals surface area contributed by atoms with Crippen LogP contribution in [0.5, 0.6) is 0 Å². The average Bonchev–Trinajstić information content (AvgIpc) is 3.12. The molecule has 1 heterocycles. The van der Waals surface area contributed by atoms with Gasteiger partial charge in [0, 0.05) is 11.3 Å². The van der Waals surface area contributed by atoms with Crippen molar-refractivity contribution in [3.63, 3.8) is 0 Å². The summed E-state index contributed by atoms with van der Waals surface area (Å²) in [6.45, 7) is 2.13. The van der Waals surface area contributed by atoms with Crippen LogP contribution < -0.4 is 5.73 Å². The van der Waals surface area contributed by atoms with Gasteiger partial charge in [-0.15, -0.1) is 5.10 Å². The Balaban J connectivity index is 1.95. The Bertz CT molecular complexity index is 605. The zero-order valence-electron chi connectivity index (χ0n) is 11.5. The molecule has 2 aromatic rings. The van der Waals surface area contributed by atoms with Gasteiger partial charge in [0.05, 0.1) is 6.04 Å². The molecule has 1 saturated carbocycles. The molecule has 1 atom stereocenters. The minimum absolute atomic E-state index is 0.275. The van der Waals surface area contributed by atoms with Gasteiger partial charge in [-0.2, -0.15) is 0 Å². The lowest BCUT2D eigenvalue weighted by molar-refractivity contribution is 0.388. The number of hydrogen-bond acceptors (Lipinski definition) is 4. The third kappa shape index (κ3) is 2.50. The van der Waals surface area contributed by atoms with Crippen molar-refractivity contribution in [2.24, 2.45) is 5.92 Å². The van der Waals surface area contributed by atoms with E-state index >= 15 is 0 Å². The van der Waals surface area contributed by atoms with Gasteiger partial charge < -0.3 is 5.73 Å². The summed E-state index contributed by atoms with van der Waals surface area (Å²) < 4.78 is 15.0. The lowest BCUT2D eigenvalue weighted by Crippen LogP contribution is -2.13. The molecule has 6 heteroatoms. The van der Waals surface area contributed by atoms with E-state index in [0.717, 1.165) is 18.8 Å². The van der Waals surface area contributed by atoms with E-state index in [1.807, 2.05) is 4.68 Å². The fourth-order valence-corrected chi connectivity index (χ4v) is 2.53. The van der Waals surface area contributed by atoms with Gasteiger partial charge in [0.2, 0.25) is 0 Å². The van der Waals surface area contributed by atoms with E-state index in [4.69, 9.17) is 5.73 Å². The molecule has 2 N–H and O–H groups in total. The molecule has 1 aliphatic rings. The first kappa shape index (κ1) is 13.0. The van der Waals surface area contributed by atoms with Gasteiger partial charge in [0.15, 0.2) is 5.82 Å². The van der Waals surface area contributed by atoms with Crippen molar-refractivity contribution in [2.45, 2.75) is 38.6 Å². The normalized spacial score (nSPS) is 16.3. The molecule has 3 rings (SSSR count). The van der Waals surface area contributed by atoms with E-state index in [1.165, 1.54) is 25.0 Å². The molecule has 20 heavy (non-hydrogen) atoms. The van der Waals surface area contributed by atoms with Crippen molar-refractivity contribution in [3.8, 4) is 11.4 Å². The molecule has 0 spiro atoms. The highest BCUT2D eigenvalue weighted by Gasteiger charge is 2.28. The number of nitrogens with zero attached hydrogens (tertiary/aromatic N) is 4. The molecule has 1 aromatic heterocycles. The molecular weight excluding hydrogens is 257 g/mol. The van der Waals surface area contributed by atoms with Gasteiger partial charge in [-0.1, -0.05) is 19.8 Å². The van der Waals surface area contributed by atoms with E-state index in [0.29, 0.717) is 17.1 Å². The van der Waals surface area contributed by atoms with Gasteiger partial charge in [-0.05, 0) is 47.4 Å². The molecule has 5 nitrogen and oxygen atoms in total. The van der Waals surface area contributed by atoms with Crippen LogP contribution in [0, 0.1) is 11.7 Å². The Morgan fingerprint density at radius 2 is 2.25 bits per heavy atom. The van der Waals surface area contributed by atoms with Crippen molar-refractivity contribution in [1.82, 2.24) is 20.2 Å². The smallest absolute Gasteiger partial charge is 0.184 e. The summed E-state index contributed by atoms with van der Waals surface area (Å²) in [4.78, 5) is 0. The van der Waals surface area contributed by atoms with Gasteiger partial charge in [-0.25, -0.2) is 9.07 Å². The summed E-state index contributed by atoms with van der Waals surface area (Å²) in [6.07, 6.45) is 4.66. The maximum absolute atomic E-state index is 13.2. The fourth-order valence-electron chi connectivity index (χ4n) is 2.53. The number of anilines is 1. The SMILES string of the molecule is CCC(CC1CC1)n1nnnc1-c1ccc(F)cc1N. The predicted molar refractivity (Wildman–Crippen MR) is 74.3 cm³/mol. The maximum atomic E-state index is 13.2. The Kier molecular flexibility index (Phi) is 3.38. The molecule has 1 aromatic carbocycles. The first-order chi connectivity index (χ1) is 9.69. The summed E-state index contributed by atoms with van der Waals surface area (Å²) in [5.41, 5.74) is 6.94. The molecule has 0 saturated heterocycles. The van der Waals surface area contributed by atoms with Crippen molar-refractivity contribution < 1.29 is 4.39 Å². The molecule has 0 radical (unpaired) electrons. The Labute approximate surface area is 117 Å². The second-order valence-corrected chi connectivity index (χ2v) is 5.42. The zero-order valence-corrected chi connectivity index (χ0v) is 11.5. The monoisotopic (exact) mass is 275 g/mol. The largest absolute Gasteiger partial charge is 0.398 e. The first-order valence-corrected chi connectivity index (χ1v) is 7.02. The van der Waals surface area contributed by atoms with Crippen LogP contribution in [0.3, 0.4) is 0 Å². The second kappa shape index (κ2) is 5.19. The quantitative estimate of drug-likeness (QED) is 0.852. The minimum atomic E-state index is -0.352. The summed E-state index contributed by atoms with van der Waals surface area (Å²) >= 11 is 0. The number of nitrogen functional groups attached to an aromatic ring is 1. The standard InChI is InChI=1S/C14H18FN5/c1-2-11(7-9-3-4-9)20-14(17-18-19-20)12-6-5-10(15)8-13(12)16/h5-6,8-9,11H,2-4,7,16H2,1H3. The lowest BCUT2D eigenvalue weighted by Gasteiger charge is -2.16. The Morgan fingerprint density at radius 3 is 2.90 bits per heavy atom. The highest BCUT2D eigenvalue weighted by Crippen LogP contribution is 2.38. The maximum Gasteiger partial charge on any atom is 0.184 e. The van der Waals surface area contributed by atoms with E-state index in [9.17, 15) is 4.39 Å². The lowest BCUT2D eigenvalue weighted by atomic mass is 10.1. The van der Waals surface area contributed by atoms with Crippen LogP contribution in [0.2, 0.25) is 0 Å². The van der Waals surface area contributed by atoms with Crippen molar-refractivity contribution in [3.05, 3.63) is 24.0 Å². The van der Waals surface area contributed by atoms with Crippen LogP contribution >= 0.6 is 0 Å². The van der Waals surface area contributed by atoms with Crippen LogP contribution in [0.1, 0.15) is 38.6 Å². The number of nitrogens with two attached hydrogens (primary N) is 1. The topological polar surface area (TPSA) is 69.6 Å². The van der Waals surface area contributed by atoms with Crippen LogP contribution in [-0.2, 0) is 0 Å². The molecule has 1 unspecified atom stereocenters. The average molecular weight is 275 g/mol. The third-order valence-electron chi connectivity index (χ3n) is 3.87. The van der Waals surface area contributed by atoms with Gasteiger partial charge in [0.1, 0.15) is 5.82 Å². The van der Waals surface area contributed by atoms with Crippen molar-refractivity contribution in [1.29, 1.82) is 0 Å². The number of aromatic nitrogens is 4. The second-order valence-electron chi connectivity index (χ2n) is 5.42. The fraction of sp³-hybridized carbons (Fsp3) is 0.500. The number of rotatable bonds is 5. The van der Waals surface area contributed by atoms with Crippen molar-refractivity contribution in [2.75, 3.05) is 5.73 Å².